The van der Waals surface area contributed by atoms with Gasteiger partial charge in [0.05, 0.1) is 30.4 Å². The molecule has 3 aromatic rings. The summed E-state index contributed by atoms with van der Waals surface area (Å²) in [5.74, 6) is 0.569. The first kappa shape index (κ1) is 34.9. The highest BCUT2D eigenvalue weighted by Crippen LogP contribution is 2.29. The predicted molar refractivity (Wildman–Crippen MR) is 176 cm³/mol. The zero-order valence-corrected chi connectivity index (χ0v) is 27.8. The summed E-state index contributed by atoms with van der Waals surface area (Å²) in [5.41, 5.74) is 2.93. The van der Waals surface area contributed by atoms with Crippen LogP contribution < -0.4 is 15.4 Å². The van der Waals surface area contributed by atoms with Crippen molar-refractivity contribution in [2.24, 2.45) is 5.92 Å². The molecule has 3 N–H and O–H groups in total. The van der Waals surface area contributed by atoms with Gasteiger partial charge in [0.15, 0.2) is 5.76 Å². The maximum atomic E-state index is 14.3. The van der Waals surface area contributed by atoms with Gasteiger partial charge in [0.2, 0.25) is 0 Å². The van der Waals surface area contributed by atoms with Crippen LogP contribution in [0.2, 0.25) is 0 Å². The van der Waals surface area contributed by atoms with Crippen LogP contribution in [0.5, 0.6) is 5.75 Å². The molecular formula is C34H48N6O6. The zero-order valence-electron chi connectivity index (χ0n) is 27.8. The van der Waals surface area contributed by atoms with E-state index in [0.717, 1.165) is 31.4 Å². The van der Waals surface area contributed by atoms with E-state index in [1.807, 2.05) is 26.0 Å². The molecule has 0 bridgehead atoms. The fourth-order valence-corrected chi connectivity index (χ4v) is 5.57. The van der Waals surface area contributed by atoms with E-state index in [-0.39, 0.29) is 30.6 Å². The fraction of sp³-hybridized carbons (Fsp3) is 0.529. The summed E-state index contributed by atoms with van der Waals surface area (Å²) in [5, 5.41) is 19.7. The quantitative estimate of drug-likeness (QED) is 0.302. The topological polar surface area (TPSA) is 142 Å². The number of aliphatic hydroxyl groups excluding tert-OH is 1. The third-order valence-electron chi connectivity index (χ3n) is 8.27. The summed E-state index contributed by atoms with van der Waals surface area (Å²) >= 11 is 0. The lowest BCUT2D eigenvalue weighted by Gasteiger charge is -2.36. The van der Waals surface area contributed by atoms with Crippen molar-refractivity contribution >= 4 is 23.3 Å². The van der Waals surface area contributed by atoms with Crippen LogP contribution in [-0.4, -0.2) is 88.6 Å². The Hall–Kier alpha value is -4.00. The van der Waals surface area contributed by atoms with Crippen molar-refractivity contribution in [2.75, 3.05) is 44.0 Å². The molecule has 1 aromatic carbocycles. The number of likely N-dealkylation sites (N-methyl/N-ethyl adjacent to an activating group) is 1. The molecule has 3 amide bonds. The number of rotatable bonds is 8. The first-order valence-corrected chi connectivity index (χ1v) is 16.0. The Morgan fingerprint density at radius 2 is 1.91 bits per heavy atom. The molecule has 2 aromatic heterocycles. The highest BCUT2D eigenvalue weighted by molar-refractivity contribution is 6.03. The highest BCUT2D eigenvalue weighted by atomic mass is 16.5. The number of anilines is 2. The monoisotopic (exact) mass is 636 g/mol. The minimum absolute atomic E-state index is 0.0498. The molecule has 12 nitrogen and oxygen atoms in total. The van der Waals surface area contributed by atoms with Gasteiger partial charge in [0, 0.05) is 50.2 Å². The first-order valence-electron chi connectivity index (χ1n) is 16.0. The molecule has 0 fully saturated rings. The average Bonchev–Trinajstić information content (AvgIpc) is 3.34. The third kappa shape index (κ3) is 9.51. The van der Waals surface area contributed by atoms with Crippen molar-refractivity contribution in [3.63, 3.8) is 0 Å². The van der Waals surface area contributed by atoms with E-state index in [0.29, 0.717) is 53.8 Å². The van der Waals surface area contributed by atoms with Crippen molar-refractivity contribution in [3.05, 3.63) is 65.3 Å². The molecule has 0 unspecified atom stereocenters. The van der Waals surface area contributed by atoms with Crippen molar-refractivity contribution < 1.29 is 28.7 Å². The van der Waals surface area contributed by atoms with Crippen LogP contribution in [0.1, 0.15) is 67.4 Å². The molecule has 3 heterocycles. The molecule has 4 atom stereocenters. The summed E-state index contributed by atoms with van der Waals surface area (Å²) in [4.78, 5) is 35.2. The zero-order chi connectivity index (χ0) is 33.2. The summed E-state index contributed by atoms with van der Waals surface area (Å²) in [7, 11) is 2.06. The van der Waals surface area contributed by atoms with Crippen LogP contribution in [0.15, 0.2) is 47.2 Å². The Morgan fingerprint density at radius 1 is 1.15 bits per heavy atom. The van der Waals surface area contributed by atoms with Crippen LogP contribution in [-0.2, 0) is 11.3 Å². The number of fused-ring (bicyclic) bond motifs is 1. The number of aliphatic hydroxyl groups is 1. The van der Waals surface area contributed by atoms with Crippen LogP contribution in [0, 0.1) is 19.8 Å². The Balaban J connectivity index is 1.60. The summed E-state index contributed by atoms with van der Waals surface area (Å²) in [6, 6.07) is 8.08. The van der Waals surface area contributed by atoms with Gasteiger partial charge >= 0.3 is 6.03 Å². The normalized spacial score (nSPS) is 20.4. The number of hydrogen-bond acceptors (Lipinski definition) is 9. The number of ether oxygens (including phenoxy) is 2. The van der Waals surface area contributed by atoms with E-state index < -0.39 is 12.1 Å². The summed E-state index contributed by atoms with van der Waals surface area (Å²) in [6.45, 7) is 11.5. The molecule has 1 aliphatic rings. The minimum Gasteiger partial charge on any atom is -0.490 e. The standard InChI is InChI=1S/C34H48N6O6/c1-22-18-40(23(2)21-41)33(42)29-17-28(36-34(43)37-32-25(4)38-46-26(32)5)10-11-30(29)45-24(3)9-7-8-16-44-31(22)20-39(6)19-27-12-14-35-15-13-27/h10-15,17,22-24,31,41H,7-9,16,18-21H2,1-6H3,(H2,36,37,43)/t22-,23-,24+,31-/m1/s1. The number of urea groups is 1. The third-order valence-corrected chi connectivity index (χ3v) is 8.27. The van der Waals surface area contributed by atoms with Crippen LogP contribution >= 0.6 is 0 Å². The van der Waals surface area contributed by atoms with E-state index in [1.54, 1.807) is 49.3 Å². The lowest BCUT2D eigenvalue weighted by molar-refractivity contribution is -0.0177. The van der Waals surface area contributed by atoms with Gasteiger partial charge in [0.25, 0.3) is 5.91 Å². The van der Waals surface area contributed by atoms with Gasteiger partial charge in [-0.2, -0.15) is 0 Å². The Bertz CT molecular complexity index is 1410. The summed E-state index contributed by atoms with van der Waals surface area (Å²) in [6.07, 6.45) is 5.86. The molecular weight excluding hydrogens is 588 g/mol. The number of nitrogens with zero attached hydrogens (tertiary/aromatic N) is 4. The number of pyridine rings is 1. The average molecular weight is 637 g/mol. The van der Waals surface area contributed by atoms with E-state index in [4.69, 9.17) is 14.0 Å². The number of aryl methyl sites for hydroxylation is 2. The Kier molecular flexibility index (Phi) is 12.5. The molecule has 1 aliphatic heterocycles. The SMILES string of the molecule is Cc1noc(C)c1NC(=O)Nc1ccc2c(c1)C(=O)N([C@H](C)CO)C[C@@H](C)[C@@H](CN(C)Cc1ccncc1)OCCCC[C@H](C)O2. The fourth-order valence-electron chi connectivity index (χ4n) is 5.57. The number of amides is 3. The molecule has 0 aliphatic carbocycles. The molecule has 4 rings (SSSR count). The Morgan fingerprint density at radius 3 is 2.61 bits per heavy atom. The second-order valence-electron chi connectivity index (χ2n) is 12.3. The number of carbonyl (C=O) groups excluding carboxylic acids is 2. The number of nitrogens with one attached hydrogen (secondary N) is 2. The second-order valence-corrected chi connectivity index (χ2v) is 12.3. The van der Waals surface area contributed by atoms with Gasteiger partial charge < -0.3 is 34.6 Å². The first-order chi connectivity index (χ1) is 22.0. The molecule has 46 heavy (non-hydrogen) atoms. The maximum absolute atomic E-state index is 14.3. The van der Waals surface area contributed by atoms with Gasteiger partial charge in [-0.25, -0.2) is 4.79 Å². The molecule has 250 valence electrons. The van der Waals surface area contributed by atoms with Crippen LogP contribution in [0.3, 0.4) is 0 Å². The van der Waals surface area contributed by atoms with Gasteiger partial charge in [-0.3, -0.25) is 14.7 Å². The van der Waals surface area contributed by atoms with Crippen molar-refractivity contribution in [2.45, 2.75) is 78.7 Å². The van der Waals surface area contributed by atoms with Crippen LogP contribution in [0.25, 0.3) is 0 Å². The van der Waals surface area contributed by atoms with Crippen LogP contribution in [0.4, 0.5) is 16.2 Å². The lowest BCUT2D eigenvalue weighted by Crippen LogP contribution is -2.47. The number of carbonyl (C=O) groups is 2. The van der Waals surface area contributed by atoms with Gasteiger partial charge in [-0.1, -0.05) is 12.1 Å². The molecule has 0 saturated carbocycles. The summed E-state index contributed by atoms with van der Waals surface area (Å²) < 4.78 is 17.9. The van der Waals surface area contributed by atoms with Gasteiger partial charge in [-0.05, 0) is 89.9 Å². The van der Waals surface area contributed by atoms with Crippen molar-refractivity contribution in [3.8, 4) is 5.75 Å². The predicted octanol–water partition coefficient (Wildman–Crippen LogP) is 5.26. The maximum Gasteiger partial charge on any atom is 0.323 e. The van der Waals surface area contributed by atoms with E-state index in [1.165, 1.54) is 0 Å². The lowest BCUT2D eigenvalue weighted by atomic mass is 10.0. The van der Waals surface area contributed by atoms with E-state index >= 15 is 0 Å². The van der Waals surface area contributed by atoms with E-state index in [2.05, 4.69) is 39.6 Å². The smallest absolute Gasteiger partial charge is 0.323 e. The minimum atomic E-state index is -0.498. The number of aromatic nitrogens is 2. The molecule has 0 spiro atoms. The number of hydrogen-bond donors (Lipinski definition) is 3. The molecule has 0 saturated heterocycles. The van der Waals surface area contributed by atoms with Gasteiger partial charge in [-0.15, -0.1) is 0 Å². The van der Waals surface area contributed by atoms with Crippen molar-refractivity contribution in [1.29, 1.82) is 0 Å². The van der Waals surface area contributed by atoms with E-state index in [9.17, 15) is 14.7 Å². The van der Waals surface area contributed by atoms with Crippen molar-refractivity contribution in [1.82, 2.24) is 19.9 Å². The Labute approximate surface area is 271 Å². The second kappa shape index (κ2) is 16.5. The number of benzene rings is 1. The molecule has 0 radical (unpaired) electrons. The largest absolute Gasteiger partial charge is 0.490 e. The van der Waals surface area contributed by atoms with Gasteiger partial charge in [0.1, 0.15) is 17.1 Å². The molecule has 12 heteroatoms. The highest BCUT2D eigenvalue weighted by Gasteiger charge is 2.30.